The second-order valence-electron chi connectivity index (χ2n) is 4.44. The fraction of sp³-hybridized carbons (Fsp3) is 0.200. The number of hydrogen-bond donors (Lipinski definition) is 1. The van der Waals surface area contributed by atoms with Crippen LogP contribution in [-0.4, -0.2) is 13.1 Å². The Hall–Kier alpha value is -2.01. The third kappa shape index (κ3) is 2.88. The van der Waals surface area contributed by atoms with Gasteiger partial charge < -0.3 is 15.2 Å². The molecule has 2 N–H and O–H groups in total. The number of benzene rings is 1. The van der Waals surface area contributed by atoms with Gasteiger partial charge in [-0.25, -0.2) is 4.79 Å². The first kappa shape index (κ1) is 15.4. The Kier molecular flexibility index (Phi) is 4.53. The SMILES string of the molecule is COC(=O)C1=C(N)OC(C)=C(C#N)C1c1cccc(I)c1. The van der Waals surface area contributed by atoms with Crippen molar-refractivity contribution in [3.8, 4) is 6.07 Å². The molecule has 1 heterocycles. The minimum Gasteiger partial charge on any atom is -0.465 e. The summed E-state index contributed by atoms with van der Waals surface area (Å²) in [6.45, 7) is 1.65. The van der Waals surface area contributed by atoms with Crippen molar-refractivity contribution in [3.05, 3.63) is 56.2 Å². The Balaban J connectivity index is 2.66. The van der Waals surface area contributed by atoms with Crippen molar-refractivity contribution in [1.29, 1.82) is 5.26 Å². The monoisotopic (exact) mass is 396 g/mol. The van der Waals surface area contributed by atoms with E-state index in [1.165, 1.54) is 7.11 Å². The lowest BCUT2D eigenvalue weighted by Crippen LogP contribution is -2.25. The Morgan fingerprint density at radius 2 is 2.24 bits per heavy atom. The summed E-state index contributed by atoms with van der Waals surface area (Å²) in [5, 5.41) is 9.42. The van der Waals surface area contributed by atoms with Gasteiger partial charge >= 0.3 is 5.97 Å². The molecule has 1 aromatic rings. The number of esters is 1. The van der Waals surface area contributed by atoms with Gasteiger partial charge in [-0.3, -0.25) is 0 Å². The van der Waals surface area contributed by atoms with E-state index in [0.29, 0.717) is 11.3 Å². The number of nitrogens with zero attached hydrogens (tertiary/aromatic N) is 1. The van der Waals surface area contributed by atoms with Crippen LogP contribution in [0.25, 0.3) is 0 Å². The van der Waals surface area contributed by atoms with Gasteiger partial charge in [-0.15, -0.1) is 0 Å². The molecule has 1 atom stereocenters. The van der Waals surface area contributed by atoms with Crippen molar-refractivity contribution in [2.24, 2.45) is 5.73 Å². The number of hydrogen-bond acceptors (Lipinski definition) is 5. The highest BCUT2D eigenvalue weighted by atomic mass is 127. The van der Waals surface area contributed by atoms with Gasteiger partial charge in [-0.2, -0.15) is 5.26 Å². The highest BCUT2D eigenvalue weighted by molar-refractivity contribution is 14.1. The normalized spacial score (nSPS) is 18.1. The molecule has 1 aliphatic heterocycles. The van der Waals surface area contributed by atoms with Gasteiger partial charge in [0.05, 0.1) is 24.7 Å². The van der Waals surface area contributed by atoms with Crippen LogP contribution in [0.3, 0.4) is 0 Å². The molecule has 0 aromatic heterocycles. The summed E-state index contributed by atoms with van der Waals surface area (Å²) in [6.07, 6.45) is 0. The van der Waals surface area contributed by atoms with E-state index in [4.69, 9.17) is 15.2 Å². The highest BCUT2D eigenvalue weighted by Gasteiger charge is 2.36. The standard InChI is InChI=1S/C15H13IN2O3/c1-8-11(7-17)12(9-4-3-5-10(16)6-9)13(14(18)21-8)15(19)20-2/h3-6,12H,18H2,1-2H3. The minimum atomic E-state index is -0.600. The van der Waals surface area contributed by atoms with Crippen molar-refractivity contribution in [2.75, 3.05) is 7.11 Å². The van der Waals surface area contributed by atoms with E-state index in [2.05, 4.69) is 28.7 Å². The van der Waals surface area contributed by atoms with Crippen LogP contribution >= 0.6 is 22.6 Å². The van der Waals surface area contributed by atoms with Crippen LogP contribution in [0.15, 0.2) is 47.1 Å². The summed E-state index contributed by atoms with van der Waals surface area (Å²) in [5.74, 6) is -0.809. The molecule has 0 fully saturated rings. The zero-order valence-electron chi connectivity index (χ0n) is 11.5. The number of nitriles is 1. The van der Waals surface area contributed by atoms with E-state index in [1.807, 2.05) is 24.3 Å². The minimum absolute atomic E-state index is 0.0257. The summed E-state index contributed by atoms with van der Waals surface area (Å²) in [6, 6.07) is 9.64. The third-order valence-corrected chi connectivity index (χ3v) is 3.86. The first-order chi connectivity index (χ1) is 9.99. The molecular weight excluding hydrogens is 383 g/mol. The summed E-state index contributed by atoms with van der Waals surface area (Å²) in [4.78, 5) is 12.0. The zero-order valence-corrected chi connectivity index (χ0v) is 13.7. The molecule has 0 spiro atoms. The number of methoxy groups -OCH3 is 1. The topological polar surface area (TPSA) is 85.3 Å². The van der Waals surface area contributed by atoms with E-state index in [9.17, 15) is 10.1 Å². The Morgan fingerprint density at radius 1 is 1.52 bits per heavy atom. The largest absolute Gasteiger partial charge is 0.465 e. The molecule has 0 amide bonds. The van der Waals surface area contributed by atoms with Crippen LogP contribution in [-0.2, 0) is 14.3 Å². The zero-order chi connectivity index (χ0) is 15.6. The Bertz CT molecular complexity index is 701. The molecular formula is C15H13IN2O3. The molecule has 5 nitrogen and oxygen atoms in total. The fourth-order valence-electron chi connectivity index (χ4n) is 2.26. The first-order valence-corrected chi connectivity index (χ1v) is 7.19. The van der Waals surface area contributed by atoms with Crippen LogP contribution in [0, 0.1) is 14.9 Å². The fourth-order valence-corrected chi connectivity index (χ4v) is 2.82. The van der Waals surface area contributed by atoms with E-state index < -0.39 is 11.9 Å². The maximum absolute atomic E-state index is 12.0. The third-order valence-electron chi connectivity index (χ3n) is 3.19. The van der Waals surface area contributed by atoms with Crippen LogP contribution in [0.4, 0.5) is 0 Å². The molecule has 0 saturated heterocycles. The number of allylic oxidation sites excluding steroid dienone is 2. The lowest BCUT2D eigenvalue weighted by atomic mass is 9.83. The molecule has 21 heavy (non-hydrogen) atoms. The molecule has 6 heteroatoms. The first-order valence-electron chi connectivity index (χ1n) is 6.11. The van der Waals surface area contributed by atoms with E-state index in [1.54, 1.807) is 6.92 Å². The molecule has 1 aliphatic rings. The highest BCUT2D eigenvalue weighted by Crippen LogP contribution is 2.39. The Morgan fingerprint density at radius 3 is 2.81 bits per heavy atom. The molecule has 108 valence electrons. The quantitative estimate of drug-likeness (QED) is 0.614. The van der Waals surface area contributed by atoms with Crippen molar-refractivity contribution in [1.82, 2.24) is 0 Å². The predicted octanol–water partition coefficient (Wildman–Crippen LogP) is 2.55. The van der Waals surface area contributed by atoms with Gasteiger partial charge in [0.15, 0.2) is 0 Å². The number of halogens is 1. The van der Waals surface area contributed by atoms with Gasteiger partial charge in [-0.05, 0) is 47.2 Å². The Labute approximate surface area is 136 Å². The molecule has 2 rings (SSSR count). The molecule has 0 aliphatic carbocycles. The number of rotatable bonds is 2. The predicted molar refractivity (Wildman–Crippen MR) is 84.5 cm³/mol. The van der Waals surface area contributed by atoms with Crippen molar-refractivity contribution in [2.45, 2.75) is 12.8 Å². The molecule has 0 bridgehead atoms. The number of ether oxygens (including phenoxy) is 2. The van der Waals surface area contributed by atoms with Crippen molar-refractivity contribution in [3.63, 3.8) is 0 Å². The van der Waals surface area contributed by atoms with Gasteiger partial charge in [0.1, 0.15) is 11.3 Å². The smallest absolute Gasteiger partial charge is 0.340 e. The second-order valence-corrected chi connectivity index (χ2v) is 5.69. The summed E-state index contributed by atoms with van der Waals surface area (Å²) < 4.78 is 11.1. The summed E-state index contributed by atoms with van der Waals surface area (Å²) >= 11 is 2.17. The summed E-state index contributed by atoms with van der Waals surface area (Å²) in [7, 11) is 1.27. The van der Waals surface area contributed by atoms with Crippen LogP contribution in [0.1, 0.15) is 18.4 Å². The lowest BCUT2D eigenvalue weighted by Gasteiger charge is -2.26. The van der Waals surface area contributed by atoms with Gasteiger partial charge in [0, 0.05) is 3.57 Å². The molecule has 1 aromatic carbocycles. The molecule has 1 unspecified atom stereocenters. The van der Waals surface area contributed by atoms with E-state index in [-0.39, 0.29) is 11.5 Å². The summed E-state index contributed by atoms with van der Waals surface area (Å²) in [5.41, 5.74) is 7.14. The number of carbonyl (C=O) groups excluding carboxylic acids is 1. The lowest BCUT2D eigenvalue weighted by molar-refractivity contribution is -0.136. The van der Waals surface area contributed by atoms with E-state index >= 15 is 0 Å². The van der Waals surface area contributed by atoms with Crippen molar-refractivity contribution >= 4 is 28.6 Å². The van der Waals surface area contributed by atoms with Crippen LogP contribution in [0.5, 0.6) is 0 Å². The second kappa shape index (κ2) is 6.18. The maximum atomic E-state index is 12.0. The molecule has 0 saturated carbocycles. The number of carbonyl (C=O) groups is 1. The van der Waals surface area contributed by atoms with E-state index in [0.717, 1.165) is 9.13 Å². The van der Waals surface area contributed by atoms with Gasteiger partial charge in [-0.1, -0.05) is 12.1 Å². The average Bonchev–Trinajstić information content (AvgIpc) is 2.45. The number of nitrogens with two attached hydrogens (primary N) is 1. The molecule has 0 radical (unpaired) electrons. The van der Waals surface area contributed by atoms with Gasteiger partial charge in [0.2, 0.25) is 5.88 Å². The maximum Gasteiger partial charge on any atom is 0.340 e. The van der Waals surface area contributed by atoms with Gasteiger partial charge in [0.25, 0.3) is 0 Å². The average molecular weight is 396 g/mol. The van der Waals surface area contributed by atoms with Crippen LogP contribution < -0.4 is 5.73 Å². The van der Waals surface area contributed by atoms with Crippen LogP contribution in [0.2, 0.25) is 0 Å². The van der Waals surface area contributed by atoms with Crippen molar-refractivity contribution < 1.29 is 14.3 Å².